The zero-order valence-electron chi connectivity index (χ0n) is 12.0. The first-order chi connectivity index (χ1) is 8.79. The number of ether oxygens (including phenoxy) is 1. The Hall–Kier alpha value is -0.160. The van der Waals surface area contributed by atoms with Crippen molar-refractivity contribution < 1.29 is 4.74 Å². The molecule has 2 saturated heterocycles. The van der Waals surface area contributed by atoms with Crippen LogP contribution in [0.25, 0.3) is 0 Å². The number of fused-ring (bicyclic) bond motifs is 1. The summed E-state index contributed by atoms with van der Waals surface area (Å²) in [6, 6.07) is 1.30. The van der Waals surface area contributed by atoms with E-state index in [1.54, 1.807) is 7.11 Å². The van der Waals surface area contributed by atoms with Crippen molar-refractivity contribution in [2.75, 3.05) is 53.0 Å². The number of nitrogens with zero attached hydrogens (tertiary/aromatic N) is 2. The molecule has 0 amide bonds. The number of hydrogen-bond donors (Lipinski definition) is 1. The Bertz CT molecular complexity index is 237. The number of methoxy groups -OCH3 is 1. The van der Waals surface area contributed by atoms with E-state index in [0.29, 0.717) is 6.04 Å². The molecule has 18 heavy (non-hydrogen) atoms. The maximum absolute atomic E-state index is 5.14. The molecule has 106 valence electrons. The second-order valence-electron chi connectivity index (χ2n) is 5.80. The molecule has 2 heterocycles. The van der Waals surface area contributed by atoms with Gasteiger partial charge in [-0.15, -0.1) is 0 Å². The van der Waals surface area contributed by atoms with Gasteiger partial charge in [-0.05, 0) is 45.8 Å². The first-order valence-electron chi connectivity index (χ1n) is 7.48. The summed E-state index contributed by atoms with van der Waals surface area (Å²) in [6.07, 6.45) is 4.15. The highest BCUT2D eigenvalue weighted by molar-refractivity contribution is 4.85. The van der Waals surface area contributed by atoms with Gasteiger partial charge in [-0.3, -0.25) is 4.90 Å². The lowest BCUT2D eigenvalue weighted by atomic mass is 10.2. The van der Waals surface area contributed by atoms with Gasteiger partial charge in [-0.1, -0.05) is 0 Å². The molecule has 0 aliphatic carbocycles. The zero-order chi connectivity index (χ0) is 12.8. The van der Waals surface area contributed by atoms with Gasteiger partial charge in [-0.2, -0.15) is 0 Å². The van der Waals surface area contributed by atoms with Gasteiger partial charge in [0, 0.05) is 38.8 Å². The van der Waals surface area contributed by atoms with Crippen molar-refractivity contribution >= 4 is 0 Å². The van der Waals surface area contributed by atoms with Crippen molar-refractivity contribution in [3.8, 4) is 0 Å². The van der Waals surface area contributed by atoms with Crippen LogP contribution >= 0.6 is 0 Å². The minimum absolute atomic E-state index is 0.463. The lowest BCUT2D eigenvalue weighted by Gasteiger charge is -2.26. The smallest absolute Gasteiger partial charge is 0.0613 e. The number of hydrogen-bond acceptors (Lipinski definition) is 4. The molecule has 2 aliphatic rings. The van der Waals surface area contributed by atoms with Crippen molar-refractivity contribution in [1.82, 2.24) is 15.1 Å². The maximum atomic E-state index is 5.14. The summed E-state index contributed by atoms with van der Waals surface area (Å²) in [5.41, 5.74) is 0. The molecule has 0 saturated carbocycles. The van der Waals surface area contributed by atoms with Crippen LogP contribution in [0, 0.1) is 0 Å². The topological polar surface area (TPSA) is 27.7 Å². The summed E-state index contributed by atoms with van der Waals surface area (Å²) in [5, 5.41) is 3.53. The van der Waals surface area contributed by atoms with Gasteiger partial charge >= 0.3 is 0 Å². The molecule has 2 unspecified atom stereocenters. The number of nitrogens with one attached hydrogen (secondary N) is 1. The third kappa shape index (κ3) is 4.19. The minimum atomic E-state index is 0.463. The highest BCUT2D eigenvalue weighted by Gasteiger charge is 2.28. The molecular formula is C14H29N3O. The molecule has 2 rings (SSSR count). The molecular weight excluding hydrogens is 226 g/mol. The third-order valence-corrected chi connectivity index (χ3v) is 4.23. The van der Waals surface area contributed by atoms with E-state index in [1.807, 2.05) is 0 Å². The highest BCUT2D eigenvalue weighted by Crippen LogP contribution is 2.20. The van der Waals surface area contributed by atoms with Crippen LogP contribution in [-0.4, -0.2) is 74.9 Å². The van der Waals surface area contributed by atoms with E-state index in [1.165, 1.54) is 52.0 Å². The lowest BCUT2D eigenvalue weighted by molar-refractivity contribution is 0.167. The van der Waals surface area contributed by atoms with E-state index in [0.717, 1.165) is 19.2 Å². The molecule has 4 heteroatoms. The highest BCUT2D eigenvalue weighted by atomic mass is 16.5. The van der Waals surface area contributed by atoms with Gasteiger partial charge in [-0.25, -0.2) is 0 Å². The van der Waals surface area contributed by atoms with Crippen LogP contribution in [-0.2, 0) is 4.74 Å². The Kier molecular flexibility index (Phi) is 5.89. The molecule has 0 spiro atoms. The predicted molar refractivity (Wildman–Crippen MR) is 75.0 cm³/mol. The van der Waals surface area contributed by atoms with Gasteiger partial charge in [0.15, 0.2) is 0 Å². The van der Waals surface area contributed by atoms with E-state index < -0.39 is 0 Å². The van der Waals surface area contributed by atoms with Crippen LogP contribution in [0.2, 0.25) is 0 Å². The number of rotatable bonds is 6. The van der Waals surface area contributed by atoms with E-state index in [4.69, 9.17) is 4.74 Å². The molecule has 0 radical (unpaired) electrons. The lowest BCUT2D eigenvalue weighted by Crippen LogP contribution is -2.41. The van der Waals surface area contributed by atoms with Crippen LogP contribution in [0.4, 0.5) is 0 Å². The van der Waals surface area contributed by atoms with Gasteiger partial charge in [0.1, 0.15) is 0 Å². The standard InChI is InChI=1S/C14H29N3O/c1-13(12-18-2)15-6-10-16-7-4-9-17-8-3-5-14(17)11-16/h13-15H,3-12H2,1-2H3. The third-order valence-electron chi connectivity index (χ3n) is 4.23. The zero-order valence-corrected chi connectivity index (χ0v) is 12.0. The van der Waals surface area contributed by atoms with Crippen molar-refractivity contribution in [3.63, 3.8) is 0 Å². The summed E-state index contributed by atoms with van der Waals surface area (Å²) in [4.78, 5) is 5.34. The summed E-state index contributed by atoms with van der Waals surface area (Å²) in [7, 11) is 1.77. The largest absolute Gasteiger partial charge is 0.383 e. The Morgan fingerprint density at radius 2 is 2.11 bits per heavy atom. The maximum Gasteiger partial charge on any atom is 0.0613 e. The molecule has 2 fully saturated rings. The van der Waals surface area contributed by atoms with E-state index in [2.05, 4.69) is 22.0 Å². The van der Waals surface area contributed by atoms with Gasteiger partial charge in [0.25, 0.3) is 0 Å². The van der Waals surface area contributed by atoms with E-state index in [-0.39, 0.29) is 0 Å². The molecule has 0 bridgehead atoms. The second-order valence-corrected chi connectivity index (χ2v) is 5.80. The second kappa shape index (κ2) is 7.43. The van der Waals surface area contributed by atoms with Crippen LogP contribution in [0.15, 0.2) is 0 Å². The monoisotopic (exact) mass is 255 g/mol. The first-order valence-corrected chi connectivity index (χ1v) is 7.48. The Morgan fingerprint density at radius 3 is 2.94 bits per heavy atom. The molecule has 0 aromatic heterocycles. The molecule has 2 aliphatic heterocycles. The minimum Gasteiger partial charge on any atom is -0.383 e. The summed E-state index contributed by atoms with van der Waals surface area (Å²) in [5.74, 6) is 0. The first kappa shape index (κ1) is 14.3. The quantitative estimate of drug-likeness (QED) is 0.759. The van der Waals surface area contributed by atoms with E-state index >= 15 is 0 Å². The van der Waals surface area contributed by atoms with Crippen LogP contribution in [0.3, 0.4) is 0 Å². The van der Waals surface area contributed by atoms with Crippen molar-refractivity contribution in [3.05, 3.63) is 0 Å². The fourth-order valence-electron chi connectivity index (χ4n) is 3.26. The van der Waals surface area contributed by atoms with Crippen LogP contribution < -0.4 is 5.32 Å². The molecule has 0 aromatic rings. The molecule has 1 N–H and O–H groups in total. The Morgan fingerprint density at radius 1 is 1.28 bits per heavy atom. The molecule has 2 atom stereocenters. The fourth-order valence-corrected chi connectivity index (χ4v) is 3.26. The van der Waals surface area contributed by atoms with Crippen molar-refractivity contribution in [2.24, 2.45) is 0 Å². The van der Waals surface area contributed by atoms with E-state index in [9.17, 15) is 0 Å². The van der Waals surface area contributed by atoms with Gasteiger partial charge < -0.3 is 15.0 Å². The SMILES string of the molecule is COCC(C)NCCN1CCCN2CCCC2C1. The predicted octanol–water partition coefficient (Wildman–Crippen LogP) is 0.781. The molecule has 0 aromatic carbocycles. The normalized spacial score (nSPS) is 28.0. The average molecular weight is 255 g/mol. The average Bonchev–Trinajstić information content (AvgIpc) is 2.68. The Balaban J connectivity index is 1.66. The summed E-state index contributed by atoms with van der Waals surface area (Å²) in [6.45, 7) is 10.4. The van der Waals surface area contributed by atoms with Crippen LogP contribution in [0.1, 0.15) is 26.2 Å². The van der Waals surface area contributed by atoms with Crippen LogP contribution in [0.5, 0.6) is 0 Å². The van der Waals surface area contributed by atoms with Gasteiger partial charge in [0.2, 0.25) is 0 Å². The van der Waals surface area contributed by atoms with Gasteiger partial charge in [0.05, 0.1) is 6.61 Å². The summed E-state index contributed by atoms with van der Waals surface area (Å²) < 4.78 is 5.14. The molecule has 4 nitrogen and oxygen atoms in total. The fraction of sp³-hybridized carbons (Fsp3) is 1.00. The van der Waals surface area contributed by atoms with Crippen molar-refractivity contribution in [2.45, 2.75) is 38.3 Å². The van der Waals surface area contributed by atoms with Crippen molar-refractivity contribution in [1.29, 1.82) is 0 Å². The Labute approximate surface area is 112 Å². The summed E-state index contributed by atoms with van der Waals surface area (Å²) >= 11 is 0.